The van der Waals surface area contributed by atoms with E-state index in [0.29, 0.717) is 36.6 Å². The van der Waals surface area contributed by atoms with Crippen LogP contribution in [0, 0.1) is 0 Å². The van der Waals surface area contributed by atoms with Crippen molar-refractivity contribution in [2.45, 2.75) is 18.9 Å². The fourth-order valence-corrected chi connectivity index (χ4v) is 4.77. The third-order valence-corrected chi connectivity index (χ3v) is 6.34. The van der Waals surface area contributed by atoms with Gasteiger partial charge in [0.1, 0.15) is 0 Å². The average Bonchev–Trinajstić information content (AvgIpc) is 2.66. The lowest BCUT2D eigenvalue weighted by molar-refractivity contribution is 0.303. The molecule has 0 saturated heterocycles. The van der Waals surface area contributed by atoms with Gasteiger partial charge < -0.3 is 19.3 Å². The minimum absolute atomic E-state index is 0.0546. The smallest absolute Gasteiger partial charge is 0.211 e. The average molecular weight is 407 g/mol. The van der Waals surface area contributed by atoms with E-state index in [9.17, 15) is 13.5 Å². The molecule has 0 amide bonds. The van der Waals surface area contributed by atoms with Gasteiger partial charge in [0.15, 0.2) is 23.0 Å². The molecule has 2 aromatic rings. The highest BCUT2D eigenvalue weighted by molar-refractivity contribution is 7.88. The van der Waals surface area contributed by atoms with Crippen LogP contribution in [0.1, 0.15) is 22.7 Å². The molecular formula is C20H25NO6S. The number of hydrogen-bond donors (Lipinski definition) is 1. The zero-order valence-electron chi connectivity index (χ0n) is 16.4. The van der Waals surface area contributed by atoms with Gasteiger partial charge in [0.2, 0.25) is 10.0 Å². The van der Waals surface area contributed by atoms with Crippen LogP contribution in [0.15, 0.2) is 30.3 Å². The van der Waals surface area contributed by atoms with Crippen LogP contribution < -0.4 is 14.2 Å². The summed E-state index contributed by atoms with van der Waals surface area (Å²) in [6.45, 7) is 0.357. The van der Waals surface area contributed by atoms with Gasteiger partial charge in [0.05, 0.1) is 33.6 Å². The number of methoxy groups -OCH3 is 3. The lowest BCUT2D eigenvalue weighted by Gasteiger charge is -2.36. The predicted octanol–water partition coefficient (Wildman–Crippen LogP) is 2.52. The molecule has 1 unspecified atom stereocenters. The molecule has 7 nitrogen and oxygen atoms in total. The first-order valence-electron chi connectivity index (χ1n) is 8.86. The quantitative estimate of drug-likeness (QED) is 0.792. The standard InChI is InChI=1S/C20H25NO6S/c1-25-18-6-5-13(10-20(18)27-3)9-16-15-12-19(26-2)17(22)11-14(15)7-8-21(16)28(4,23)24/h5-6,10-12,16,22H,7-9H2,1-4H3. The first kappa shape index (κ1) is 20.3. The van der Waals surface area contributed by atoms with Crippen molar-refractivity contribution in [2.24, 2.45) is 0 Å². The van der Waals surface area contributed by atoms with Crippen molar-refractivity contribution < 1.29 is 27.7 Å². The molecule has 152 valence electrons. The Bertz CT molecular complexity index is 973. The Labute approximate surface area is 165 Å². The number of nitrogens with zero attached hydrogens (tertiary/aromatic N) is 1. The van der Waals surface area contributed by atoms with Crippen LogP contribution in [0.2, 0.25) is 0 Å². The van der Waals surface area contributed by atoms with Crippen molar-refractivity contribution in [2.75, 3.05) is 34.1 Å². The monoisotopic (exact) mass is 407 g/mol. The van der Waals surface area contributed by atoms with E-state index in [1.807, 2.05) is 12.1 Å². The molecule has 0 fully saturated rings. The Morgan fingerprint density at radius 1 is 1.04 bits per heavy atom. The van der Waals surface area contributed by atoms with Gasteiger partial charge in [-0.05, 0) is 53.8 Å². The topological polar surface area (TPSA) is 85.3 Å². The Morgan fingerprint density at radius 3 is 2.32 bits per heavy atom. The van der Waals surface area contributed by atoms with Gasteiger partial charge in [-0.25, -0.2) is 8.42 Å². The Kier molecular flexibility index (Phi) is 5.71. The number of rotatable bonds is 6. The number of sulfonamides is 1. The van der Waals surface area contributed by atoms with Crippen LogP contribution in [0.25, 0.3) is 0 Å². The fraction of sp³-hybridized carbons (Fsp3) is 0.400. The number of fused-ring (bicyclic) bond motifs is 1. The van der Waals surface area contributed by atoms with Gasteiger partial charge in [0.25, 0.3) is 0 Å². The summed E-state index contributed by atoms with van der Waals surface area (Å²) in [7, 11) is 1.18. The van der Waals surface area contributed by atoms with E-state index in [-0.39, 0.29) is 5.75 Å². The Hall–Kier alpha value is -2.45. The van der Waals surface area contributed by atoms with Gasteiger partial charge in [0, 0.05) is 6.54 Å². The van der Waals surface area contributed by atoms with Gasteiger partial charge in [-0.15, -0.1) is 0 Å². The predicted molar refractivity (Wildman–Crippen MR) is 106 cm³/mol. The summed E-state index contributed by atoms with van der Waals surface area (Å²) in [5.41, 5.74) is 2.67. The van der Waals surface area contributed by atoms with E-state index in [0.717, 1.165) is 16.7 Å². The van der Waals surface area contributed by atoms with E-state index in [2.05, 4.69) is 0 Å². The minimum atomic E-state index is -3.42. The molecule has 1 aliphatic rings. The molecule has 0 bridgehead atoms. The zero-order valence-corrected chi connectivity index (χ0v) is 17.2. The molecule has 8 heteroatoms. The van der Waals surface area contributed by atoms with Crippen molar-refractivity contribution in [1.82, 2.24) is 4.31 Å². The van der Waals surface area contributed by atoms with Crippen LogP contribution in [0.5, 0.6) is 23.0 Å². The van der Waals surface area contributed by atoms with Crippen LogP contribution in [-0.2, 0) is 22.9 Å². The second-order valence-corrected chi connectivity index (χ2v) is 8.69. The van der Waals surface area contributed by atoms with Crippen molar-refractivity contribution in [1.29, 1.82) is 0 Å². The third kappa shape index (κ3) is 3.88. The molecule has 1 aliphatic heterocycles. The van der Waals surface area contributed by atoms with E-state index in [4.69, 9.17) is 14.2 Å². The molecule has 2 aromatic carbocycles. The van der Waals surface area contributed by atoms with Crippen molar-refractivity contribution in [3.8, 4) is 23.0 Å². The maximum Gasteiger partial charge on any atom is 0.211 e. The first-order chi connectivity index (χ1) is 13.3. The lowest BCUT2D eigenvalue weighted by atomic mass is 9.89. The van der Waals surface area contributed by atoms with Crippen molar-refractivity contribution in [3.05, 3.63) is 47.0 Å². The number of benzene rings is 2. The zero-order chi connectivity index (χ0) is 20.5. The molecule has 1 atom stereocenters. The van der Waals surface area contributed by atoms with Gasteiger partial charge in [-0.3, -0.25) is 0 Å². The molecule has 0 spiro atoms. The molecule has 0 radical (unpaired) electrons. The van der Waals surface area contributed by atoms with Gasteiger partial charge >= 0.3 is 0 Å². The number of phenols is 1. The highest BCUT2D eigenvalue weighted by atomic mass is 32.2. The molecule has 1 heterocycles. The summed E-state index contributed by atoms with van der Waals surface area (Å²) in [5, 5.41) is 10.1. The molecule has 1 N–H and O–H groups in total. The van der Waals surface area contributed by atoms with Crippen molar-refractivity contribution >= 4 is 10.0 Å². The van der Waals surface area contributed by atoms with Crippen LogP contribution in [-0.4, -0.2) is 52.0 Å². The van der Waals surface area contributed by atoms with Gasteiger partial charge in [-0.2, -0.15) is 4.31 Å². The van der Waals surface area contributed by atoms with E-state index < -0.39 is 16.1 Å². The Balaban J connectivity index is 2.07. The number of hydrogen-bond acceptors (Lipinski definition) is 6. The molecule has 0 saturated carbocycles. The van der Waals surface area contributed by atoms with E-state index in [1.165, 1.54) is 17.7 Å². The second kappa shape index (κ2) is 7.89. The number of aromatic hydroxyl groups is 1. The normalized spacial score (nSPS) is 17.1. The fourth-order valence-electron chi connectivity index (χ4n) is 3.70. The van der Waals surface area contributed by atoms with E-state index >= 15 is 0 Å². The molecule has 28 heavy (non-hydrogen) atoms. The number of phenolic OH excluding ortho intramolecular Hbond substituents is 1. The van der Waals surface area contributed by atoms with E-state index in [1.54, 1.807) is 32.4 Å². The molecule has 0 aromatic heterocycles. The highest BCUT2D eigenvalue weighted by Gasteiger charge is 2.34. The largest absolute Gasteiger partial charge is 0.504 e. The maximum atomic E-state index is 12.4. The summed E-state index contributed by atoms with van der Waals surface area (Å²) in [4.78, 5) is 0. The van der Waals surface area contributed by atoms with Crippen LogP contribution in [0.3, 0.4) is 0 Å². The number of ether oxygens (including phenoxy) is 3. The van der Waals surface area contributed by atoms with Gasteiger partial charge in [-0.1, -0.05) is 6.07 Å². The summed E-state index contributed by atoms with van der Waals surface area (Å²) in [6, 6.07) is 8.54. The van der Waals surface area contributed by atoms with Crippen LogP contribution >= 0.6 is 0 Å². The molecular weight excluding hydrogens is 382 g/mol. The Morgan fingerprint density at radius 2 is 1.71 bits per heavy atom. The second-order valence-electron chi connectivity index (χ2n) is 6.76. The molecule has 3 rings (SSSR count). The summed E-state index contributed by atoms with van der Waals surface area (Å²) >= 11 is 0. The molecule has 0 aliphatic carbocycles. The maximum absolute atomic E-state index is 12.4. The lowest BCUT2D eigenvalue weighted by Crippen LogP contribution is -2.40. The van der Waals surface area contributed by atoms with Crippen LogP contribution in [0.4, 0.5) is 0 Å². The third-order valence-electron chi connectivity index (χ3n) is 5.05. The summed E-state index contributed by atoms with van der Waals surface area (Å²) in [6.07, 6.45) is 2.20. The highest BCUT2D eigenvalue weighted by Crippen LogP contribution is 2.40. The first-order valence-corrected chi connectivity index (χ1v) is 10.7. The summed E-state index contributed by atoms with van der Waals surface area (Å²) in [5.74, 6) is 1.58. The summed E-state index contributed by atoms with van der Waals surface area (Å²) < 4.78 is 42.3. The SMILES string of the molecule is COc1cc2c(cc1O)CCN(S(C)(=O)=O)C2Cc1ccc(OC)c(OC)c1. The minimum Gasteiger partial charge on any atom is -0.504 e. The van der Waals surface area contributed by atoms with Crippen molar-refractivity contribution in [3.63, 3.8) is 0 Å².